The van der Waals surface area contributed by atoms with Crippen LogP contribution in [0.25, 0.3) is 0 Å². The number of thiocarbonyl (C=S) groups is 1. The van der Waals surface area contributed by atoms with E-state index in [1.165, 1.54) is 32.4 Å². The summed E-state index contributed by atoms with van der Waals surface area (Å²) in [4.78, 5) is 7.17. The van der Waals surface area contributed by atoms with Gasteiger partial charge >= 0.3 is 0 Å². The van der Waals surface area contributed by atoms with Gasteiger partial charge in [0.05, 0.1) is 0 Å². The molecule has 1 aromatic rings. The lowest BCUT2D eigenvalue weighted by atomic mass is 10.1. The molecule has 0 radical (unpaired) electrons. The van der Waals surface area contributed by atoms with Crippen LogP contribution in [-0.2, 0) is 0 Å². The zero-order chi connectivity index (χ0) is 12.8. The quantitative estimate of drug-likeness (QED) is 0.791. The Hall–Kier alpha value is -1.20. The monoisotopic (exact) mass is 264 g/mol. The minimum absolute atomic E-state index is 0.413. The lowest BCUT2D eigenvalue weighted by Gasteiger charge is -2.26. The average molecular weight is 264 g/mol. The molecule has 5 heteroatoms. The van der Waals surface area contributed by atoms with Crippen molar-refractivity contribution in [3.8, 4) is 0 Å². The van der Waals surface area contributed by atoms with Crippen LogP contribution < -0.4 is 11.1 Å². The molecule has 4 nitrogen and oxygen atoms in total. The zero-order valence-electron chi connectivity index (χ0n) is 10.6. The Morgan fingerprint density at radius 1 is 1.39 bits per heavy atom. The van der Waals surface area contributed by atoms with E-state index >= 15 is 0 Å². The molecular formula is C13H20N4S. The fraction of sp³-hybridized carbons (Fsp3) is 0.538. The average Bonchev–Trinajstić information content (AvgIpc) is 2.40. The first-order valence-electron chi connectivity index (χ1n) is 6.48. The highest BCUT2D eigenvalue weighted by Gasteiger charge is 2.09. The molecule has 1 fully saturated rings. The summed E-state index contributed by atoms with van der Waals surface area (Å²) in [5.74, 6) is 0.845. The first-order chi connectivity index (χ1) is 8.75. The Morgan fingerprint density at radius 3 is 2.89 bits per heavy atom. The summed E-state index contributed by atoms with van der Waals surface area (Å²) in [5.41, 5.74) is 6.46. The Morgan fingerprint density at radius 2 is 2.17 bits per heavy atom. The van der Waals surface area contributed by atoms with Crippen LogP contribution in [-0.4, -0.2) is 41.1 Å². The van der Waals surface area contributed by atoms with E-state index in [1.807, 2.05) is 12.1 Å². The van der Waals surface area contributed by atoms with E-state index in [0.717, 1.165) is 24.5 Å². The van der Waals surface area contributed by atoms with Gasteiger partial charge in [-0.3, -0.25) is 0 Å². The lowest BCUT2D eigenvalue weighted by molar-refractivity contribution is 0.237. The second kappa shape index (κ2) is 6.66. The van der Waals surface area contributed by atoms with E-state index < -0.39 is 0 Å². The summed E-state index contributed by atoms with van der Waals surface area (Å²) in [6.07, 6.45) is 5.77. The van der Waals surface area contributed by atoms with Gasteiger partial charge in [-0.2, -0.15) is 0 Å². The summed E-state index contributed by atoms with van der Waals surface area (Å²) >= 11 is 4.95. The van der Waals surface area contributed by atoms with E-state index in [-0.39, 0.29) is 0 Å². The molecule has 3 N–H and O–H groups in total. The lowest BCUT2D eigenvalue weighted by Crippen LogP contribution is -2.33. The molecule has 1 aliphatic heterocycles. The Kier molecular flexibility index (Phi) is 4.90. The van der Waals surface area contributed by atoms with Crippen molar-refractivity contribution in [1.29, 1.82) is 0 Å². The van der Waals surface area contributed by atoms with Gasteiger partial charge in [0.25, 0.3) is 0 Å². The van der Waals surface area contributed by atoms with Crippen molar-refractivity contribution in [2.24, 2.45) is 5.73 Å². The zero-order valence-corrected chi connectivity index (χ0v) is 11.4. The topological polar surface area (TPSA) is 54.2 Å². The molecule has 0 aromatic carbocycles. The van der Waals surface area contributed by atoms with Gasteiger partial charge < -0.3 is 16.0 Å². The van der Waals surface area contributed by atoms with Gasteiger partial charge in [0, 0.05) is 24.8 Å². The molecule has 0 spiro atoms. The minimum atomic E-state index is 0.413. The SMILES string of the molecule is NC(=S)c1ccnc(NCCN2CCCCC2)c1. The smallest absolute Gasteiger partial charge is 0.126 e. The van der Waals surface area contributed by atoms with Crippen molar-refractivity contribution >= 4 is 23.0 Å². The van der Waals surface area contributed by atoms with Crippen molar-refractivity contribution in [3.05, 3.63) is 23.9 Å². The van der Waals surface area contributed by atoms with Crippen molar-refractivity contribution < 1.29 is 0 Å². The largest absolute Gasteiger partial charge is 0.389 e. The number of anilines is 1. The maximum atomic E-state index is 5.60. The van der Waals surface area contributed by atoms with Gasteiger partial charge in [0.15, 0.2) is 0 Å². The molecule has 0 bridgehead atoms. The second-order valence-electron chi connectivity index (χ2n) is 4.62. The third kappa shape index (κ3) is 3.92. The van der Waals surface area contributed by atoms with Crippen LogP contribution in [0.2, 0.25) is 0 Å². The predicted octanol–water partition coefficient (Wildman–Crippen LogP) is 1.61. The maximum absolute atomic E-state index is 5.60. The van der Waals surface area contributed by atoms with Gasteiger partial charge in [-0.05, 0) is 38.1 Å². The van der Waals surface area contributed by atoms with Crippen LogP contribution in [0.4, 0.5) is 5.82 Å². The number of hydrogen-bond acceptors (Lipinski definition) is 4. The number of piperidine rings is 1. The van der Waals surface area contributed by atoms with Gasteiger partial charge in [0.1, 0.15) is 10.8 Å². The Bertz CT molecular complexity index is 402. The molecule has 2 rings (SSSR count). The summed E-state index contributed by atoms with van der Waals surface area (Å²) in [7, 11) is 0. The van der Waals surface area contributed by atoms with Crippen LogP contribution in [0.15, 0.2) is 18.3 Å². The van der Waals surface area contributed by atoms with Crippen LogP contribution in [0, 0.1) is 0 Å². The number of hydrogen-bond donors (Lipinski definition) is 2. The summed E-state index contributed by atoms with van der Waals surface area (Å²) in [6, 6.07) is 3.73. The molecule has 0 aliphatic carbocycles. The molecule has 1 aromatic heterocycles. The number of aromatic nitrogens is 1. The number of nitrogens with zero attached hydrogens (tertiary/aromatic N) is 2. The van der Waals surface area contributed by atoms with Gasteiger partial charge in [-0.15, -0.1) is 0 Å². The Labute approximate surface area is 114 Å². The standard InChI is InChI=1S/C13H20N4S/c14-13(18)11-4-5-15-12(10-11)16-6-9-17-7-2-1-3-8-17/h4-5,10H,1-3,6-9H2,(H2,14,18)(H,15,16). The summed E-state index contributed by atoms with van der Waals surface area (Å²) in [6.45, 7) is 4.43. The highest BCUT2D eigenvalue weighted by Crippen LogP contribution is 2.09. The van der Waals surface area contributed by atoms with E-state index in [0.29, 0.717) is 4.99 Å². The molecule has 0 amide bonds. The number of pyridine rings is 1. The molecule has 0 unspecified atom stereocenters. The van der Waals surface area contributed by atoms with Crippen LogP contribution in [0.1, 0.15) is 24.8 Å². The highest BCUT2D eigenvalue weighted by atomic mass is 32.1. The van der Waals surface area contributed by atoms with Gasteiger partial charge in [-0.25, -0.2) is 4.98 Å². The minimum Gasteiger partial charge on any atom is -0.389 e. The number of nitrogens with two attached hydrogens (primary N) is 1. The van der Waals surface area contributed by atoms with E-state index in [2.05, 4.69) is 15.2 Å². The summed E-state index contributed by atoms with van der Waals surface area (Å²) < 4.78 is 0. The van der Waals surface area contributed by atoms with Crippen molar-refractivity contribution in [2.75, 3.05) is 31.5 Å². The van der Waals surface area contributed by atoms with Gasteiger partial charge in [-0.1, -0.05) is 18.6 Å². The molecular weight excluding hydrogens is 244 g/mol. The molecule has 0 atom stereocenters. The number of likely N-dealkylation sites (tertiary alicyclic amines) is 1. The van der Waals surface area contributed by atoms with Crippen molar-refractivity contribution in [2.45, 2.75) is 19.3 Å². The third-order valence-electron chi connectivity index (χ3n) is 3.23. The fourth-order valence-electron chi connectivity index (χ4n) is 2.21. The molecule has 1 saturated heterocycles. The molecule has 18 heavy (non-hydrogen) atoms. The van der Waals surface area contributed by atoms with Crippen LogP contribution in [0.3, 0.4) is 0 Å². The third-order valence-corrected chi connectivity index (χ3v) is 3.46. The molecule has 0 saturated carbocycles. The van der Waals surface area contributed by atoms with Gasteiger partial charge in [0.2, 0.25) is 0 Å². The van der Waals surface area contributed by atoms with E-state index in [4.69, 9.17) is 18.0 Å². The molecule has 1 aliphatic rings. The number of rotatable bonds is 5. The fourth-order valence-corrected chi connectivity index (χ4v) is 2.33. The predicted molar refractivity (Wildman–Crippen MR) is 78.9 cm³/mol. The van der Waals surface area contributed by atoms with E-state index in [1.54, 1.807) is 6.20 Å². The Balaban J connectivity index is 1.78. The van der Waals surface area contributed by atoms with Crippen LogP contribution >= 0.6 is 12.2 Å². The first kappa shape index (κ1) is 13.2. The number of nitrogens with one attached hydrogen (secondary N) is 1. The van der Waals surface area contributed by atoms with Crippen LogP contribution in [0.5, 0.6) is 0 Å². The molecule has 2 heterocycles. The first-order valence-corrected chi connectivity index (χ1v) is 6.88. The van der Waals surface area contributed by atoms with E-state index in [9.17, 15) is 0 Å². The normalized spacial score (nSPS) is 16.4. The maximum Gasteiger partial charge on any atom is 0.126 e. The summed E-state index contributed by atoms with van der Waals surface area (Å²) in [5, 5.41) is 3.32. The van der Waals surface area contributed by atoms with Crippen molar-refractivity contribution in [1.82, 2.24) is 9.88 Å². The highest BCUT2D eigenvalue weighted by molar-refractivity contribution is 7.80. The van der Waals surface area contributed by atoms with Crippen molar-refractivity contribution in [3.63, 3.8) is 0 Å². The second-order valence-corrected chi connectivity index (χ2v) is 5.06. The molecule has 98 valence electrons.